The summed E-state index contributed by atoms with van der Waals surface area (Å²) in [6.45, 7) is 11.2. The van der Waals surface area contributed by atoms with Gasteiger partial charge in [0.05, 0.1) is 6.61 Å². The summed E-state index contributed by atoms with van der Waals surface area (Å²) in [6, 6.07) is 0. The zero-order valence-electron chi connectivity index (χ0n) is 11.6. The molecular formula is C13H24O3Si. The zero-order valence-corrected chi connectivity index (χ0v) is 12.6. The van der Waals surface area contributed by atoms with Crippen LogP contribution in [0.5, 0.6) is 0 Å². The maximum absolute atomic E-state index is 11.2. The smallest absolute Gasteiger partial charge is 0.205 e. The molecule has 0 amide bonds. The highest BCUT2D eigenvalue weighted by Crippen LogP contribution is 2.36. The third-order valence-corrected chi connectivity index (χ3v) is 7.58. The topological polar surface area (TPSA) is 46.5 Å². The molecular weight excluding hydrogens is 232 g/mol. The Hall–Kier alpha value is -0.633. The monoisotopic (exact) mass is 256 g/mol. The summed E-state index contributed by atoms with van der Waals surface area (Å²) >= 11 is 0. The van der Waals surface area contributed by atoms with Gasteiger partial charge in [-0.05, 0) is 30.5 Å². The molecule has 0 saturated heterocycles. The van der Waals surface area contributed by atoms with Gasteiger partial charge in [-0.3, -0.25) is 4.79 Å². The molecule has 0 bridgehead atoms. The first kappa shape index (κ1) is 16.4. The second kappa shape index (κ2) is 6.95. The van der Waals surface area contributed by atoms with E-state index in [1.165, 1.54) is 0 Å². The van der Waals surface area contributed by atoms with Crippen molar-refractivity contribution >= 4 is 14.1 Å². The van der Waals surface area contributed by atoms with Crippen molar-refractivity contribution in [3.05, 3.63) is 0 Å². The third-order valence-electron chi connectivity index (χ3n) is 3.10. The molecule has 0 aromatic heterocycles. The van der Waals surface area contributed by atoms with Crippen LogP contribution in [0.3, 0.4) is 0 Å². The van der Waals surface area contributed by atoms with E-state index in [-0.39, 0.29) is 17.4 Å². The minimum absolute atomic E-state index is 0.0356. The molecule has 0 atom stereocenters. The number of ketones is 1. The summed E-state index contributed by atoms with van der Waals surface area (Å²) in [5.41, 5.74) is 0. The van der Waals surface area contributed by atoms with Gasteiger partial charge in [0.25, 0.3) is 0 Å². The standard InChI is InChI=1S/C13H24O3Si/c1-13(2,3)17(4,5)16-11-7-9-12(15)8-6-10-14/h14H,6,8,10-11H2,1-5H3. The van der Waals surface area contributed by atoms with Gasteiger partial charge in [-0.1, -0.05) is 26.7 Å². The van der Waals surface area contributed by atoms with Crippen molar-refractivity contribution in [1.29, 1.82) is 0 Å². The van der Waals surface area contributed by atoms with E-state index >= 15 is 0 Å². The molecule has 3 nitrogen and oxygen atoms in total. The second-order valence-electron chi connectivity index (χ2n) is 5.60. The summed E-state index contributed by atoms with van der Waals surface area (Å²) in [6.07, 6.45) is 0.806. The predicted octanol–water partition coefficient (Wildman–Crippen LogP) is 2.35. The molecule has 0 aliphatic rings. The average molecular weight is 256 g/mol. The minimum Gasteiger partial charge on any atom is -0.406 e. The lowest BCUT2D eigenvalue weighted by atomic mass is 10.2. The molecule has 0 radical (unpaired) electrons. The highest BCUT2D eigenvalue weighted by molar-refractivity contribution is 6.74. The Morgan fingerprint density at radius 3 is 2.41 bits per heavy atom. The van der Waals surface area contributed by atoms with Gasteiger partial charge in [-0.25, -0.2) is 0 Å². The van der Waals surface area contributed by atoms with Crippen molar-refractivity contribution < 1.29 is 14.3 Å². The maximum Gasteiger partial charge on any atom is 0.205 e. The summed E-state index contributed by atoms with van der Waals surface area (Å²) < 4.78 is 5.81. The van der Waals surface area contributed by atoms with Crippen molar-refractivity contribution in [1.82, 2.24) is 0 Å². The summed E-state index contributed by atoms with van der Waals surface area (Å²) in [7, 11) is -1.76. The molecule has 0 unspecified atom stereocenters. The van der Waals surface area contributed by atoms with Gasteiger partial charge in [-0.2, -0.15) is 0 Å². The molecule has 0 saturated carbocycles. The van der Waals surface area contributed by atoms with Crippen LogP contribution in [-0.2, 0) is 9.22 Å². The van der Waals surface area contributed by atoms with Gasteiger partial charge in [0.1, 0.15) is 0 Å². The third kappa shape index (κ3) is 6.62. The van der Waals surface area contributed by atoms with Gasteiger partial charge < -0.3 is 9.53 Å². The Bertz CT molecular complexity index is 305. The van der Waals surface area contributed by atoms with Crippen LogP contribution in [0.2, 0.25) is 18.1 Å². The molecule has 0 fully saturated rings. The van der Waals surface area contributed by atoms with E-state index in [0.717, 1.165) is 0 Å². The van der Waals surface area contributed by atoms with Crippen molar-refractivity contribution in [2.45, 2.75) is 51.7 Å². The Morgan fingerprint density at radius 1 is 1.35 bits per heavy atom. The van der Waals surface area contributed by atoms with Crippen LogP contribution in [0.25, 0.3) is 0 Å². The van der Waals surface area contributed by atoms with E-state index in [1.54, 1.807) is 0 Å². The van der Waals surface area contributed by atoms with Crippen LogP contribution in [0.1, 0.15) is 33.6 Å². The largest absolute Gasteiger partial charge is 0.406 e. The van der Waals surface area contributed by atoms with Crippen LogP contribution in [-0.4, -0.2) is 32.4 Å². The van der Waals surface area contributed by atoms with E-state index < -0.39 is 8.32 Å². The fourth-order valence-corrected chi connectivity index (χ4v) is 1.74. The van der Waals surface area contributed by atoms with Gasteiger partial charge in [0, 0.05) is 13.0 Å². The summed E-state index contributed by atoms with van der Waals surface area (Å²) in [5, 5.41) is 8.73. The number of hydrogen-bond donors (Lipinski definition) is 1. The Kier molecular flexibility index (Phi) is 6.69. The molecule has 0 aliphatic carbocycles. The first-order valence-corrected chi connectivity index (χ1v) is 8.88. The van der Waals surface area contributed by atoms with Crippen LogP contribution < -0.4 is 0 Å². The SMILES string of the molecule is CC(C)(C)[Si](C)(C)OCC#CC(=O)CCCO. The van der Waals surface area contributed by atoms with Crippen LogP contribution in [0, 0.1) is 11.8 Å². The molecule has 1 N–H and O–H groups in total. The van der Waals surface area contributed by atoms with Crippen molar-refractivity contribution in [3.63, 3.8) is 0 Å². The quantitative estimate of drug-likeness (QED) is 0.466. The van der Waals surface area contributed by atoms with Crippen molar-refractivity contribution in [2.24, 2.45) is 0 Å². The van der Waals surface area contributed by atoms with Gasteiger partial charge in [-0.15, -0.1) is 0 Å². The molecule has 0 rings (SSSR count). The molecule has 0 aliphatic heterocycles. The molecule has 0 spiro atoms. The van der Waals surface area contributed by atoms with E-state index in [2.05, 4.69) is 45.7 Å². The molecule has 17 heavy (non-hydrogen) atoms. The molecule has 98 valence electrons. The number of aliphatic hydroxyl groups is 1. The normalized spacial score (nSPS) is 11.9. The van der Waals surface area contributed by atoms with Crippen molar-refractivity contribution in [3.8, 4) is 11.8 Å². The highest BCUT2D eigenvalue weighted by Gasteiger charge is 2.36. The number of Topliss-reactive ketones (excluding diaryl/α,β-unsaturated/α-hetero) is 1. The van der Waals surface area contributed by atoms with E-state index in [4.69, 9.17) is 9.53 Å². The molecule has 0 heterocycles. The van der Waals surface area contributed by atoms with Gasteiger partial charge in [0.2, 0.25) is 5.78 Å². The lowest BCUT2D eigenvalue weighted by Gasteiger charge is -2.35. The average Bonchev–Trinajstić information content (AvgIpc) is 2.20. The van der Waals surface area contributed by atoms with Gasteiger partial charge in [0.15, 0.2) is 8.32 Å². The number of rotatable bonds is 5. The molecule has 0 aromatic carbocycles. The van der Waals surface area contributed by atoms with Crippen molar-refractivity contribution in [2.75, 3.05) is 13.2 Å². The van der Waals surface area contributed by atoms with Gasteiger partial charge >= 0.3 is 0 Å². The fraction of sp³-hybridized carbons (Fsp3) is 0.769. The number of carbonyl (C=O) groups is 1. The fourth-order valence-electron chi connectivity index (χ4n) is 0.870. The summed E-state index contributed by atoms with van der Waals surface area (Å²) in [5.74, 6) is 5.17. The van der Waals surface area contributed by atoms with E-state index in [1.807, 2.05) is 0 Å². The molecule has 4 heteroatoms. The van der Waals surface area contributed by atoms with E-state index in [0.29, 0.717) is 19.4 Å². The van der Waals surface area contributed by atoms with Crippen LogP contribution in [0.4, 0.5) is 0 Å². The first-order valence-electron chi connectivity index (χ1n) is 5.97. The first-order chi connectivity index (χ1) is 7.70. The Morgan fingerprint density at radius 2 is 1.94 bits per heavy atom. The summed E-state index contributed by atoms with van der Waals surface area (Å²) in [4.78, 5) is 11.2. The number of hydrogen-bond acceptors (Lipinski definition) is 3. The zero-order chi connectivity index (χ0) is 13.5. The molecule has 0 aromatic rings. The lowest BCUT2D eigenvalue weighted by Crippen LogP contribution is -2.40. The Balaban J connectivity index is 4.08. The minimum atomic E-state index is -1.76. The second-order valence-corrected chi connectivity index (χ2v) is 10.4. The number of aliphatic hydroxyl groups excluding tert-OH is 1. The van der Waals surface area contributed by atoms with E-state index in [9.17, 15) is 4.79 Å². The maximum atomic E-state index is 11.2. The predicted molar refractivity (Wildman–Crippen MR) is 72.3 cm³/mol. The lowest BCUT2D eigenvalue weighted by molar-refractivity contribution is -0.114. The number of carbonyl (C=O) groups excluding carboxylic acids is 1. The van der Waals surface area contributed by atoms with Crippen LogP contribution >= 0.6 is 0 Å². The highest BCUT2D eigenvalue weighted by atomic mass is 28.4. The van der Waals surface area contributed by atoms with Crippen LogP contribution in [0.15, 0.2) is 0 Å². The Labute approximate surface area is 106 Å².